The number of benzene rings is 1. The summed E-state index contributed by atoms with van der Waals surface area (Å²) in [7, 11) is 3.16. The monoisotopic (exact) mass is 246 g/mol. The molecule has 0 aromatic heterocycles. The van der Waals surface area contributed by atoms with Crippen LogP contribution in [0.2, 0.25) is 0 Å². The van der Waals surface area contributed by atoms with Gasteiger partial charge in [0.2, 0.25) is 0 Å². The predicted molar refractivity (Wildman–Crippen MR) is 68.8 cm³/mol. The average molecular weight is 246 g/mol. The molecule has 0 spiro atoms. The van der Waals surface area contributed by atoms with E-state index in [2.05, 4.69) is 10.3 Å². The van der Waals surface area contributed by atoms with Gasteiger partial charge in [-0.1, -0.05) is 0 Å². The first-order valence-electron chi connectivity index (χ1n) is 5.44. The Kier molecular flexibility index (Phi) is 3.32. The Bertz CT molecular complexity index is 525. The fraction of sp³-hybridized carbons (Fsp3) is 0.231. The highest BCUT2D eigenvalue weighted by Crippen LogP contribution is 2.24. The molecule has 5 heteroatoms. The molecule has 0 unspecified atom stereocenters. The van der Waals surface area contributed by atoms with Crippen LogP contribution in [0.15, 0.2) is 28.9 Å². The van der Waals surface area contributed by atoms with Crippen molar-refractivity contribution in [2.75, 3.05) is 14.2 Å². The van der Waals surface area contributed by atoms with Gasteiger partial charge in [0.15, 0.2) is 0 Å². The van der Waals surface area contributed by atoms with Crippen molar-refractivity contribution in [3.05, 3.63) is 29.5 Å². The molecule has 0 atom stereocenters. The first kappa shape index (κ1) is 12.2. The van der Waals surface area contributed by atoms with Crippen LogP contribution in [0, 0.1) is 0 Å². The van der Waals surface area contributed by atoms with E-state index < -0.39 is 0 Å². The minimum absolute atomic E-state index is 0.200. The number of aliphatic imine (C=N–C) groups is 1. The van der Waals surface area contributed by atoms with Gasteiger partial charge < -0.3 is 14.8 Å². The van der Waals surface area contributed by atoms with Gasteiger partial charge >= 0.3 is 0 Å². The third-order valence-corrected chi connectivity index (χ3v) is 2.49. The molecule has 2 rings (SSSR count). The number of nitrogens with one attached hydrogen (secondary N) is 1. The quantitative estimate of drug-likeness (QED) is 0.824. The Hall–Kier alpha value is -2.30. The molecular formula is C13H14N2O3. The van der Waals surface area contributed by atoms with Crippen LogP contribution in [0.3, 0.4) is 0 Å². The van der Waals surface area contributed by atoms with E-state index in [-0.39, 0.29) is 5.91 Å². The molecule has 1 aromatic carbocycles. The van der Waals surface area contributed by atoms with Crippen molar-refractivity contribution in [1.29, 1.82) is 0 Å². The topological polar surface area (TPSA) is 59.9 Å². The number of methoxy groups -OCH3 is 2. The van der Waals surface area contributed by atoms with Crippen molar-refractivity contribution in [1.82, 2.24) is 5.32 Å². The lowest BCUT2D eigenvalue weighted by Gasteiger charge is -2.05. The molecule has 0 radical (unpaired) electrons. The second-order valence-electron chi connectivity index (χ2n) is 3.83. The fourth-order valence-electron chi connectivity index (χ4n) is 1.66. The molecule has 1 aromatic rings. The highest BCUT2D eigenvalue weighted by Gasteiger charge is 2.16. The number of amidine groups is 1. The van der Waals surface area contributed by atoms with E-state index in [1.165, 1.54) is 0 Å². The van der Waals surface area contributed by atoms with E-state index in [9.17, 15) is 4.79 Å². The molecule has 1 N–H and O–H groups in total. The van der Waals surface area contributed by atoms with E-state index in [1.807, 2.05) is 12.1 Å². The number of carbonyl (C=O) groups excluding carboxylic acids is 1. The zero-order valence-electron chi connectivity index (χ0n) is 10.5. The van der Waals surface area contributed by atoms with E-state index >= 15 is 0 Å². The van der Waals surface area contributed by atoms with Crippen LogP contribution in [-0.2, 0) is 4.79 Å². The minimum Gasteiger partial charge on any atom is -0.497 e. The zero-order chi connectivity index (χ0) is 13.1. The smallest absolute Gasteiger partial charge is 0.275 e. The summed E-state index contributed by atoms with van der Waals surface area (Å²) in [5, 5.41) is 2.62. The molecular weight excluding hydrogens is 232 g/mol. The maximum absolute atomic E-state index is 11.5. The van der Waals surface area contributed by atoms with Gasteiger partial charge in [0.05, 0.1) is 14.2 Å². The highest BCUT2D eigenvalue weighted by molar-refractivity contribution is 6.13. The summed E-state index contributed by atoms with van der Waals surface area (Å²) < 4.78 is 10.3. The van der Waals surface area contributed by atoms with E-state index in [1.54, 1.807) is 33.3 Å². The Morgan fingerprint density at radius 2 is 1.78 bits per heavy atom. The normalized spacial score (nSPS) is 16.5. The van der Waals surface area contributed by atoms with Gasteiger partial charge in [-0.25, -0.2) is 4.99 Å². The van der Waals surface area contributed by atoms with Crippen molar-refractivity contribution < 1.29 is 14.3 Å². The van der Waals surface area contributed by atoms with Crippen LogP contribution >= 0.6 is 0 Å². The molecule has 0 bridgehead atoms. The van der Waals surface area contributed by atoms with Crippen LogP contribution in [0.5, 0.6) is 11.5 Å². The van der Waals surface area contributed by atoms with Gasteiger partial charge in [-0.15, -0.1) is 0 Å². The molecule has 1 heterocycles. The second kappa shape index (κ2) is 4.91. The van der Waals surface area contributed by atoms with Crippen molar-refractivity contribution in [2.24, 2.45) is 4.99 Å². The SMILES string of the molecule is COc1cc(/C=C2/N=C(C)NC2=O)cc(OC)c1. The molecule has 0 saturated carbocycles. The van der Waals surface area contributed by atoms with Gasteiger partial charge in [0.1, 0.15) is 23.0 Å². The number of carbonyl (C=O) groups is 1. The third-order valence-electron chi connectivity index (χ3n) is 2.49. The van der Waals surface area contributed by atoms with Crippen LogP contribution in [0.4, 0.5) is 0 Å². The molecule has 1 amide bonds. The van der Waals surface area contributed by atoms with Crippen LogP contribution < -0.4 is 14.8 Å². The first-order chi connectivity index (χ1) is 8.62. The largest absolute Gasteiger partial charge is 0.497 e. The molecule has 0 aliphatic carbocycles. The lowest BCUT2D eigenvalue weighted by atomic mass is 10.1. The predicted octanol–water partition coefficient (Wildman–Crippen LogP) is 1.59. The number of ether oxygens (including phenoxy) is 2. The van der Waals surface area contributed by atoms with Gasteiger partial charge in [0.25, 0.3) is 5.91 Å². The third kappa shape index (κ3) is 2.51. The Labute approximate surface area is 105 Å². The molecule has 0 saturated heterocycles. The van der Waals surface area contributed by atoms with Crippen LogP contribution in [0.1, 0.15) is 12.5 Å². The summed E-state index contributed by atoms with van der Waals surface area (Å²) >= 11 is 0. The summed E-state index contributed by atoms with van der Waals surface area (Å²) in [5.41, 5.74) is 1.18. The summed E-state index contributed by atoms with van der Waals surface area (Å²) in [4.78, 5) is 15.7. The Morgan fingerprint density at radius 3 is 2.22 bits per heavy atom. The molecule has 1 aliphatic heterocycles. The molecule has 1 aliphatic rings. The van der Waals surface area contributed by atoms with Gasteiger partial charge in [-0.05, 0) is 30.7 Å². The van der Waals surface area contributed by atoms with E-state index in [4.69, 9.17) is 9.47 Å². The number of nitrogens with zero attached hydrogens (tertiary/aromatic N) is 1. The van der Waals surface area contributed by atoms with Crippen molar-refractivity contribution >= 4 is 17.8 Å². The van der Waals surface area contributed by atoms with Gasteiger partial charge in [-0.3, -0.25) is 4.79 Å². The lowest BCUT2D eigenvalue weighted by molar-refractivity contribution is -0.115. The lowest BCUT2D eigenvalue weighted by Crippen LogP contribution is -2.21. The second-order valence-corrected chi connectivity index (χ2v) is 3.83. The summed E-state index contributed by atoms with van der Waals surface area (Å²) in [6.07, 6.45) is 1.69. The first-order valence-corrected chi connectivity index (χ1v) is 5.44. The van der Waals surface area contributed by atoms with Crippen molar-refractivity contribution in [3.63, 3.8) is 0 Å². The number of rotatable bonds is 3. The minimum atomic E-state index is -0.200. The molecule has 5 nitrogen and oxygen atoms in total. The summed E-state index contributed by atoms with van der Waals surface area (Å²) in [5.74, 6) is 1.73. The Balaban J connectivity index is 2.39. The Morgan fingerprint density at radius 1 is 1.17 bits per heavy atom. The maximum atomic E-state index is 11.5. The summed E-state index contributed by atoms with van der Waals surface area (Å²) in [6, 6.07) is 5.39. The van der Waals surface area contributed by atoms with E-state index in [0.717, 1.165) is 5.56 Å². The molecule has 18 heavy (non-hydrogen) atoms. The van der Waals surface area contributed by atoms with Gasteiger partial charge in [-0.2, -0.15) is 0 Å². The molecule has 0 fully saturated rings. The standard InChI is InChI=1S/C13H14N2O3/c1-8-14-12(13(16)15-8)6-9-4-10(17-2)7-11(5-9)18-3/h4-7H,1-3H3,(H,14,15,16)/b12-6+. The zero-order valence-corrected chi connectivity index (χ0v) is 10.5. The average Bonchev–Trinajstić information content (AvgIpc) is 2.67. The van der Waals surface area contributed by atoms with Crippen molar-refractivity contribution in [2.45, 2.75) is 6.92 Å². The highest BCUT2D eigenvalue weighted by atomic mass is 16.5. The molecule has 94 valence electrons. The van der Waals surface area contributed by atoms with Crippen LogP contribution in [-0.4, -0.2) is 26.0 Å². The van der Waals surface area contributed by atoms with E-state index in [0.29, 0.717) is 23.0 Å². The van der Waals surface area contributed by atoms with Gasteiger partial charge in [0, 0.05) is 6.07 Å². The number of amides is 1. The number of hydrogen-bond acceptors (Lipinski definition) is 4. The van der Waals surface area contributed by atoms with Crippen molar-refractivity contribution in [3.8, 4) is 11.5 Å². The van der Waals surface area contributed by atoms with Crippen LogP contribution in [0.25, 0.3) is 6.08 Å². The number of hydrogen-bond donors (Lipinski definition) is 1. The fourth-order valence-corrected chi connectivity index (χ4v) is 1.66. The maximum Gasteiger partial charge on any atom is 0.275 e. The summed E-state index contributed by atoms with van der Waals surface area (Å²) in [6.45, 7) is 1.74.